The minimum absolute atomic E-state index is 0.0231. The second-order valence-corrected chi connectivity index (χ2v) is 11.5. The van der Waals surface area contributed by atoms with E-state index < -0.39 is 0 Å². The Balaban J connectivity index is 1.13. The van der Waals surface area contributed by atoms with Crippen LogP contribution in [-0.2, 0) is 9.53 Å². The average Bonchev–Trinajstić information content (AvgIpc) is 3.47. The number of rotatable bonds is 8. The number of piperidine rings is 1. The quantitative estimate of drug-likeness (QED) is 0.530. The first-order valence-electron chi connectivity index (χ1n) is 14.0. The van der Waals surface area contributed by atoms with Crippen molar-refractivity contribution >= 4 is 23.5 Å². The predicted molar refractivity (Wildman–Crippen MR) is 146 cm³/mol. The molecule has 1 saturated carbocycles. The van der Waals surface area contributed by atoms with Gasteiger partial charge in [0.1, 0.15) is 11.9 Å². The number of amides is 2. The van der Waals surface area contributed by atoms with Gasteiger partial charge in [0.25, 0.3) is 0 Å². The molecule has 0 spiro atoms. The number of likely N-dealkylation sites (tertiary alicyclic amines) is 2. The Labute approximate surface area is 225 Å². The number of carbonyl (C=O) groups is 2. The Morgan fingerprint density at radius 3 is 2.55 bits per heavy atom. The van der Waals surface area contributed by atoms with Crippen LogP contribution in [0.25, 0.3) is 5.65 Å². The van der Waals surface area contributed by atoms with Crippen LogP contribution in [0.15, 0.2) is 24.4 Å². The monoisotopic (exact) mass is 523 g/mol. The van der Waals surface area contributed by atoms with Gasteiger partial charge in [-0.2, -0.15) is 9.61 Å². The van der Waals surface area contributed by atoms with Crippen LogP contribution in [0.1, 0.15) is 69.0 Å². The largest absolute Gasteiger partial charge is 0.444 e. The van der Waals surface area contributed by atoms with Crippen molar-refractivity contribution in [3.8, 4) is 0 Å². The minimum Gasteiger partial charge on any atom is -0.444 e. The van der Waals surface area contributed by atoms with E-state index in [1.807, 2.05) is 35.8 Å². The Morgan fingerprint density at radius 1 is 1.13 bits per heavy atom. The summed E-state index contributed by atoms with van der Waals surface area (Å²) in [6.07, 6.45) is 9.64. The van der Waals surface area contributed by atoms with E-state index in [1.165, 1.54) is 18.4 Å². The van der Waals surface area contributed by atoms with E-state index in [0.29, 0.717) is 44.4 Å². The Kier molecular flexibility index (Phi) is 7.88. The molecule has 1 N–H and O–H groups in total. The third-order valence-corrected chi connectivity index (χ3v) is 7.70. The zero-order valence-electron chi connectivity index (χ0n) is 23.1. The lowest BCUT2D eigenvalue weighted by Gasteiger charge is -2.33. The highest BCUT2D eigenvalue weighted by Gasteiger charge is 2.32. The number of hydrogen-bond acceptors (Lipinski definition) is 7. The number of nitrogens with one attached hydrogen (secondary N) is 1. The van der Waals surface area contributed by atoms with Crippen LogP contribution in [0.3, 0.4) is 0 Å². The lowest BCUT2D eigenvalue weighted by Crippen LogP contribution is -2.44. The molecule has 0 unspecified atom stereocenters. The molecular weight excluding hydrogens is 482 g/mol. The highest BCUT2D eigenvalue weighted by molar-refractivity contribution is 5.87. The first kappa shape index (κ1) is 26.5. The number of carbonyl (C=O) groups excluding carboxylic acids is 2. The average molecular weight is 524 g/mol. The lowest BCUT2D eigenvalue weighted by atomic mass is 10.1. The van der Waals surface area contributed by atoms with E-state index in [4.69, 9.17) is 9.72 Å². The zero-order chi connectivity index (χ0) is 26.8. The van der Waals surface area contributed by atoms with Crippen molar-refractivity contribution in [1.29, 1.82) is 0 Å². The normalized spacial score (nSPS) is 20.8. The third kappa shape index (κ3) is 6.11. The number of nitrogens with zero attached hydrogens (tertiary/aromatic N) is 6. The second-order valence-electron chi connectivity index (χ2n) is 11.5. The summed E-state index contributed by atoms with van der Waals surface area (Å²) in [6, 6.07) is 2.41. The highest BCUT2D eigenvalue weighted by atomic mass is 16.6. The molecular formula is C28H41N7O3. The van der Waals surface area contributed by atoms with Gasteiger partial charge >= 0.3 is 6.09 Å². The summed E-state index contributed by atoms with van der Waals surface area (Å²) in [5.74, 6) is 1.88. The summed E-state index contributed by atoms with van der Waals surface area (Å²) in [7, 11) is 3.92. The number of aromatic nitrogens is 3. The predicted octanol–water partition coefficient (Wildman–Crippen LogP) is 3.46. The molecule has 10 nitrogen and oxygen atoms in total. The number of likely N-dealkylation sites (N-methyl/N-ethyl adjacent to an activating group) is 1. The van der Waals surface area contributed by atoms with Crippen molar-refractivity contribution < 1.29 is 14.3 Å². The molecule has 4 heterocycles. The van der Waals surface area contributed by atoms with E-state index in [1.54, 1.807) is 15.9 Å². The van der Waals surface area contributed by atoms with E-state index in [2.05, 4.69) is 30.3 Å². The van der Waals surface area contributed by atoms with Gasteiger partial charge < -0.3 is 24.8 Å². The summed E-state index contributed by atoms with van der Waals surface area (Å²) in [4.78, 5) is 35.7. The van der Waals surface area contributed by atoms with Crippen LogP contribution in [0.4, 0.5) is 10.6 Å². The number of fused-ring (bicyclic) bond motifs is 1. The third-order valence-electron chi connectivity index (χ3n) is 7.70. The van der Waals surface area contributed by atoms with Gasteiger partial charge in [-0.05, 0) is 45.7 Å². The Bertz CT molecular complexity index is 1180. The van der Waals surface area contributed by atoms with Crippen molar-refractivity contribution in [2.45, 2.75) is 69.9 Å². The van der Waals surface area contributed by atoms with Crippen molar-refractivity contribution in [2.75, 3.05) is 52.1 Å². The molecule has 5 rings (SSSR count). The minimum atomic E-state index is -0.276. The molecule has 3 aliphatic rings. The summed E-state index contributed by atoms with van der Waals surface area (Å²) < 4.78 is 7.71. The van der Waals surface area contributed by atoms with Crippen molar-refractivity contribution in [3.63, 3.8) is 0 Å². The van der Waals surface area contributed by atoms with E-state index in [-0.39, 0.29) is 24.1 Å². The molecule has 2 aromatic heterocycles. The molecule has 0 bridgehead atoms. The summed E-state index contributed by atoms with van der Waals surface area (Å²) in [6.45, 7) is 7.42. The number of ether oxygens (including phenoxy) is 1. The van der Waals surface area contributed by atoms with Gasteiger partial charge in [0.05, 0.1) is 12.7 Å². The zero-order valence-corrected chi connectivity index (χ0v) is 23.1. The molecule has 1 aliphatic carbocycles. The van der Waals surface area contributed by atoms with Gasteiger partial charge in [-0.3, -0.25) is 4.79 Å². The second kappa shape index (κ2) is 11.3. The van der Waals surface area contributed by atoms with E-state index in [9.17, 15) is 9.59 Å². The van der Waals surface area contributed by atoms with Gasteiger partial charge in [0, 0.05) is 68.0 Å². The SMILES string of the molecule is CC(C)c1cnn2c(NC3CCN(C(=O)O[C@H]4CCN(C(=O)/C=C/CN(C)C)C4)CC3)cc(C3CC3)nc12. The van der Waals surface area contributed by atoms with Gasteiger partial charge in [-0.25, -0.2) is 9.78 Å². The van der Waals surface area contributed by atoms with Gasteiger partial charge in [0.15, 0.2) is 5.65 Å². The molecule has 10 heteroatoms. The molecule has 0 aromatic carbocycles. The van der Waals surface area contributed by atoms with Gasteiger partial charge in [0.2, 0.25) is 5.91 Å². The van der Waals surface area contributed by atoms with Crippen molar-refractivity contribution in [3.05, 3.63) is 35.7 Å². The maximum atomic E-state index is 12.8. The van der Waals surface area contributed by atoms with Crippen molar-refractivity contribution in [2.24, 2.45) is 0 Å². The molecule has 206 valence electrons. The van der Waals surface area contributed by atoms with Crippen molar-refractivity contribution in [1.82, 2.24) is 29.3 Å². The fourth-order valence-electron chi connectivity index (χ4n) is 5.22. The molecule has 1 atom stereocenters. The van der Waals surface area contributed by atoms with E-state index >= 15 is 0 Å². The van der Waals surface area contributed by atoms with Crippen LogP contribution in [0.2, 0.25) is 0 Å². The smallest absolute Gasteiger partial charge is 0.410 e. The molecule has 2 amide bonds. The van der Waals surface area contributed by atoms with Crippen LogP contribution in [0, 0.1) is 0 Å². The molecule has 2 aromatic rings. The fourth-order valence-corrected chi connectivity index (χ4v) is 5.22. The Morgan fingerprint density at radius 2 is 1.87 bits per heavy atom. The molecule has 38 heavy (non-hydrogen) atoms. The molecule has 2 aliphatic heterocycles. The molecule has 0 radical (unpaired) electrons. The first-order valence-corrected chi connectivity index (χ1v) is 14.0. The van der Waals surface area contributed by atoms with Crippen LogP contribution in [-0.4, -0.2) is 100 Å². The Hall–Kier alpha value is -3.14. The van der Waals surface area contributed by atoms with Crippen LogP contribution < -0.4 is 5.32 Å². The number of anilines is 1. The van der Waals surface area contributed by atoms with E-state index in [0.717, 1.165) is 36.5 Å². The van der Waals surface area contributed by atoms with Crippen LogP contribution in [0.5, 0.6) is 0 Å². The van der Waals surface area contributed by atoms with Gasteiger partial charge in [-0.1, -0.05) is 19.9 Å². The first-order chi connectivity index (χ1) is 18.3. The summed E-state index contributed by atoms with van der Waals surface area (Å²) in [5.41, 5.74) is 3.27. The maximum absolute atomic E-state index is 12.8. The summed E-state index contributed by atoms with van der Waals surface area (Å²) in [5, 5.41) is 8.34. The maximum Gasteiger partial charge on any atom is 0.410 e. The standard InChI is InChI=1S/C28H41N7O3/c1-19(2)23-17-29-35-25(16-24(20-7-8-20)31-27(23)35)30-21-9-13-33(14-10-21)28(37)38-22-11-15-34(18-22)26(36)6-5-12-32(3)4/h5-6,16-17,19-22,30H,7-15,18H2,1-4H3/b6-5+/t22-/m0/s1. The fraction of sp³-hybridized carbons (Fsp3) is 0.643. The topological polar surface area (TPSA) is 95.3 Å². The van der Waals surface area contributed by atoms with Gasteiger partial charge in [-0.15, -0.1) is 0 Å². The number of hydrogen-bond donors (Lipinski definition) is 1. The lowest BCUT2D eigenvalue weighted by molar-refractivity contribution is -0.125. The van der Waals surface area contributed by atoms with Crippen LogP contribution >= 0.6 is 0 Å². The molecule has 2 saturated heterocycles. The summed E-state index contributed by atoms with van der Waals surface area (Å²) >= 11 is 0. The molecule has 3 fully saturated rings. The highest BCUT2D eigenvalue weighted by Crippen LogP contribution is 2.40.